The van der Waals surface area contributed by atoms with Crippen LogP contribution in [0.3, 0.4) is 0 Å². The predicted octanol–water partition coefficient (Wildman–Crippen LogP) is 2.66. The molecule has 3 nitrogen and oxygen atoms in total. The fourth-order valence-electron chi connectivity index (χ4n) is 2.03. The quantitative estimate of drug-likeness (QED) is 0.810. The molecule has 1 fully saturated rings. The number of thioether (sulfide) groups is 1. The van der Waals surface area contributed by atoms with Gasteiger partial charge in [-0.2, -0.15) is 17.0 Å². The first-order valence-electron chi connectivity index (χ1n) is 7.11. The summed E-state index contributed by atoms with van der Waals surface area (Å²) in [7, 11) is 0. The van der Waals surface area contributed by atoms with Gasteiger partial charge in [0.1, 0.15) is 5.54 Å². The van der Waals surface area contributed by atoms with Crippen molar-refractivity contribution in [2.45, 2.75) is 49.6 Å². The standard InChI is InChI=1S/C16H22N2OS/c1-12(19)13(2)20-11-16(10-17,18-15-8-9-15)14-6-4-3-5-7-14/h3-7,12-13,15,18-19H,8-9,11H2,1-2H3. The molecule has 0 amide bonds. The van der Waals surface area contributed by atoms with Crippen LogP contribution in [-0.2, 0) is 5.54 Å². The lowest BCUT2D eigenvalue weighted by Crippen LogP contribution is -2.45. The van der Waals surface area contributed by atoms with E-state index in [2.05, 4.69) is 11.4 Å². The van der Waals surface area contributed by atoms with Crippen LogP contribution in [0.4, 0.5) is 0 Å². The van der Waals surface area contributed by atoms with E-state index < -0.39 is 5.54 Å². The van der Waals surface area contributed by atoms with Crippen LogP contribution >= 0.6 is 11.8 Å². The van der Waals surface area contributed by atoms with Gasteiger partial charge in [-0.25, -0.2) is 0 Å². The second-order valence-electron chi connectivity index (χ2n) is 5.56. The van der Waals surface area contributed by atoms with Crippen molar-refractivity contribution >= 4 is 11.8 Å². The zero-order chi connectivity index (χ0) is 14.6. The summed E-state index contributed by atoms with van der Waals surface area (Å²) in [6, 6.07) is 12.9. The van der Waals surface area contributed by atoms with E-state index in [0.29, 0.717) is 11.8 Å². The first-order valence-corrected chi connectivity index (χ1v) is 8.16. The maximum atomic E-state index is 9.77. The minimum absolute atomic E-state index is 0.118. The zero-order valence-corrected chi connectivity index (χ0v) is 12.9. The SMILES string of the molecule is CC(O)C(C)SCC(C#N)(NC1CC1)c1ccccc1. The maximum absolute atomic E-state index is 9.77. The van der Waals surface area contributed by atoms with E-state index in [1.165, 1.54) is 0 Å². The molecule has 0 spiro atoms. The average molecular weight is 290 g/mol. The van der Waals surface area contributed by atoms with Crippen LogP contribution in [-0.4, -0.2) is 28.3 Å². The molecule has 108 valence electrons. The van der Waals surface area contributed by atoms with Gasteiger partial charge in [0.2, 0.25) is 0 Å². The molecule has 1 saturated carbocycles. The fourth-order valence-corrected chi connectivity index (χ4v) is 3.14. The third-order valence-corrected chi connectivity index (χ3v) is 5.25. The number of nitriles is 1. The summed E-state index contributed by atoms with van der Waals surface area (Å²) in [6.45, 7) is 3.79. The smallest absolute Gasteiger partial charge is 0.141 e. The van der Waals surface area contributed by atoms with Crippen molar-refractivity contribution in [2.75, 3.05) is 5.75 Å². The Bertz CT molecular complexity index is 467. The van der Waals surface area contributed by atoms with Gasteiger partial charge in [-0.3, -0.25) is 5.32 Å². The van der Waals surface area contributed by atoms with E-state index in [9.17, 15) is 10.4 Å². The van der Waals surface area contributed by atoms with Gasteiger partial charge < -0.3 is 5.11 Å². The predicted molar refractivity (Wildman–Crippen MR) is 83.5 cm³/mol. The van der Waals surface area contributed by atoms with Crippen molar-refractivity contribution < 1.29 is 5.11 Å². The topological polar surface area (TPSA) is 56.0 Å². The van der Waals surface area contributed by atoms with E-state index in [1.807, 2.05) is 37.3 Å². The molecular weight excluding hydrogens is 268 g/mol. The average Bonchev–Trinajstić information content (AvgIpc) is 3.28. The Morgan fingerprint density at radius 2 is 2.05 bits per heavy atom. The lowest BCUT2D eigenvalue weighted by atomic mass is 9.93. The molecule has 0 aromatic heterocycles. The molecule has 3 atom stereocenters. The lowest BCUT2D eigenvalue weighted by molar-refractivity contribution is 0.196. The summed E-state index contributed by atoms with van der Waals surface area (Å²) in [5.41, 5.74) is 0.357. The summed E-state index contributed by atoms with van der Waals surface area (Å²) in [5, 5.41) is 23.0. The Balaban J connectivity index is 2.17. The van der Waals surface area contributed by atoms with Gasteiger partial charge in [0, 0.05) is 17.0 Å². The number of aliphatic hydroxyl groups excluding tert-OH is 1. The molecule has 1 aliphatic rings. The summed E-state index contributed by atoms with van der Waals surface area (Å²) in [4.78, 5) is 0. The largest absolute Gasteiger partial charge is 0.392 e. The van der Waals surface area contributed by atoms with Crippen LogP contribution in [0, 0.1) is 11.3 Å². The molecule has 3 unspecified atom stereocenters. The van der Waals surface area contributed by atoms with Crippen molar-refractivity contribution in [1.82, 2.24) is 5.32 Å². The molecule has 20 heavy (non-hydrogen) atoms. The van der Waals surface area contributed by atoms with Crippen molar-refractivity contribution in [3.63, 3.8) is 0 Å². The molecular formula is C16H22N2OS. The van der Waals surface area contributed by atoms with Gasteiger partial charge in [-0.1, -0.05) is 37.3 Å². The molecule has 0 aliphatic heterocycles. The van der Waals surface area contributed by atoms with E-state index in [0.717, 1.165) is 18.4 Å². The number of hydrogen-bond donors (Lipinski definition) is 2. The molecule has 2 N–H and O–H groups in total. The minimum atomic E-state index is -0.657. The summed E-state index contributed by atoms with van der Waals surface area (Å²) >= 11 is 1.65. The first kappa shape index (κ1) is 15.4. The first-order chi connectivity index (χ1) is 9.57. The van der Waals surface area contributed by atoms with Gasteiger partial charge in [-0.05, 0) is 25.3 Å². The molecule has 4 heteroatoms. The molecule has 1 aromatic carbocycles. The van der Waals surface area contributed by atoms with E-state index >= 15 is 0 Å². The highest BCUT2D eigenvalue weighted by molar-refractivity contribution is 8.00. The number of nitrogens with one attached hydrogen (secondary N) is 1. The highest BCUT2D eigenvalue weighted by Crippen LogP contribution is 2.32. The van der Waals surface area contributed by atoms with Gasteiger partial charge in [0.05, 0.1) is 12.2 Å². The van der Waals surface area contributed by atoms with Crippen molar-refractivity contribution in [1.29, 1.82) is 5.26 Å². The molecule has 1 aromatic rings. The molecule has 0 saturated heterocycles. The van der Waals surface area contributed by atoms with Gasteiger partial charge in [0.15, 0.2) is 0 Å². The highest BCUT2D eigenvalue weighted by atomic mass is 32.2. The normalized spacial score (nSPS) is 20.7. The lowest BCUT2D eigenvalue weighted by Gasteiger charge is -2.30. The van der Waals surface area contributed by atoms with Crippen LogP contribution in [0.2, 0.25) is 0 Å². The van der Waals surface area contributed by atoms with Crippen LogP contribution in [0.15, 0.2) is 30.3 Å². The van der Waals surface area contributed by atoms with Crippen LogP contribution in [0.5, 0.6) is 0 Å². The molecule has 0 heterocycles. The summed E-state index contributed by atoms with van der Waals surface area (Å²) in [5.74, 6) is 0.649. The van der Waals surface area contributed by atoms with Crippen molar-refractivity contribution in [3.8, 4) is 6.07 Å². The molecule has 1 aliphatic carbocycles. The summed E-state index contributed by atoms with van der Waals surface area (Å²) in [6.07, 6.45) is 1.92. The Labute approximate surface area is 125 Å². The van der Waals surface area contributed by atoms with Crippen LogP contribution in [0.25, 0.3) is 0 Å². The third-order valence-electron chi connectivity index (χ3n) is 3.73. The summed E-state index contributed by atoms with van der Waals surface area (Å²) < 4.78 is 0. The monoisotopic (exact) mass is 290 g/mol. The minimum Gasteiger partial charge on any atom is -0.392 e. The van der Waals surface area contributed by atoms with E-state index in [4.69, 9.17) is 0 Å². The van der Waals surface area contributed by atoms with Crippen LogP contribution in [0.1, 0.15) is 32.3 Å². The Kier molecular flexibility index (Phi) is 5.09. The molecule has 2 rings (SSSR count). The van der Waals surface area contributed by atoms with E-state index in [-0.39, 0.29) is 11.4 Å². The van der Waals surface area contributed by atoms with Gasteiger partial charge in [-0.15, -0.1) is 0 Å². The van der Waals surface area contributed by atoms with Gasteiger partial charge in [0.25, 0.3) is 0 Å². The maximum Gasteiger partial charge on any atom is 0.141 e. The van der Waals surface area contributed by atoms with Crippen molar-refractivity contribution in [3.05, 3.63) is 35.9 Å². The van der Waals surface area contributed by atoms with E-state index in [1.54, 1.807) is 18.7 Å². The Hall–Kier alpha value is -1.02. The van der Waals surface area contributed by atoms with Gasteiger partial charge >= 0.3 is 0 Å². The third kappa shape index (κ3) is 3.76. The molecule has 0 bridgehead atoms. The number of hydrogen-bond acceptors (Lipinski definition) is 4. The number of nitrogens with zero attached hydrogens (tertiary/aromatic N) is 1. The number of rotatable bonds is 7. The number of benzene rings is 1. The number of aliphatic hydroxyl groups is 1. The Morgan fingerprint density at radius 1 is 1.40 bits per heavy atom. The fraction of sp³-hybridized carbons (Fsp3) is 0.562. The van der Waals surface area contributed by atoms with Crippen molar-refractivity contribution in [2.24, 2.45) is 0 Å². The second kappa shape index (κ2) is 6.62. The second-order valence-corrected chi connectivity index (χ2v) is 6.92. The zero-order valence-electron chi connectivity index (χ0n) is 12.0. The highest BCUT2D eigenvalue weighted by Gasteiger charge is 2.38. The van der Waals surface area contributed by atoms with Crippen LogP contribution < -0.4 is 5.32 Å². The Morgan fingerprint density at radius 3 is 2.55 bits per heavy atom. The molecule has 0 radical (unpaired) electrons.